The van der Waals surface area contributed by atoms with Crippen LogP contribution in [0.5, 0.6) is 0 Å². The molecule has 2 fully saturated rings. The van der Waals surface area contributed by atoms with Crippen molar-refractivity contribution >= 4 is 8.53 Å². The molecular weight excluding hydrogens is 382 g/mol. The van der Waals surface area contributed by atoms with E-state index in [1.165, 1.54) is 10.8 Å². The summed E-state index contributed by atoms with van der Waals surface area (Å²) in [7, 11) is -1.76. The third-order valence-electron chi connectivity index (χ3n) is 4.48. The summed E-state index contributed by atoms with van der Waals surface area (Å²) < 4.78 is 23.9. The number of aromatic amines is 1. The quantitative estimate of drug-likeness (QED) is 0.483. The Morgan fingerprint density at radius 3 is 2.93 bits per heavy atom. The third kappa shape index (κ3) is 5.65. The van der Waals surface area contributed by atoms with Crippen molar-refractivity contribution in [2.24, 2.45) is 11.4 Å². The van der Waals surface area contributed by atoms with Gasteiger partial charge in [0.15, 0.2) is 0 Å². The Morgan fingerprint density at radius 2 is 2.30 bits per heavy atom. The summed E-state index contributed by atoms with van der Waals surface area (Å²) in [6.07, 6.45) is 2.54. The summed E-state index contributed by atoms with van der Waals surface area (Å²) in [5.74, 6) is 0.199. The first-order valence-electron chi connectivity index (χ1n) is 8.35. The van der Waals surface area contributed by atoms with Crippen molar-refractivity contribution in [2.75, 3.05) is 6.61 Å². The monoisotopic (exact) mass is 404 g/mol. The maximum absolute atomic E-state index is 12.4. The number of fused-ring (bicyclic) bond motifs is 1. The Hall–Kier alpha value is -1.67. The van der Waals surface area contributed by atoms with Crippen LogP contribution in [-0.4, -0.2) is 33.3 Å². The third-order valence-corrected chi connectivity index (χ3v) is 4.93. The molecule has 27 heavy (non-hydrogen) atoms. The highest BCUT2D eigenvalue weighted by molar-refractivity contribution is 7.43. The van der Waals surface area contributed by atoms with Crippen molar-refractivity contribution in [3.05, 3.63) is 32.6 Å². The number of aromatic nitrogens is 2. The van der Waals surface area contributed by atoms with Crippen LogP contribution in [0.1, 0.15) is 37.5 Å². The molecule has 1 aliphatic carbocycles. The molecule has 1 aromatic heterocycles. The normalized spacial score (nSPS) is 27.4. The zero-order valence-corrected chi connectivity index (χ0v) is 15.6. The molecule has 0 spiro atoms. The molecule has 0 bridgehead atoms. The molecule has 0 aromatic carbocycles. The first kappa shape index (κ1) is 21.6. The fraction of sp³-hybridized carbons (Fsp3) is 0.667. The average molecular weight is 404 g/mol. The van der Waals surface area contributed by atoms with Crippen LogP contribution < -0.4 is 16.8 Å². The molecule has 0 radical (unpaired) electrons. The molecule has 150 valence electrons. The Balaban J connectivity index is 0.000000279. The number of nitrogens with two attached hydrogens (primary N) is 1. The highest BCUT2D eigenvalue weighted by Gasteiger charge is 2.46. The van der Waals surface area contributed by atoms with E-state index in [4.69, 9.17) is 20.4 Å². The number of rotatable bonds is 5. The van der Waals surface area contributed by atoms with Gasteiger partial charge in [0.25, 0.3) is 5.56 Å². The predicted molar refractivity (Wildman–Crippen MR) is 92.8 cm³/mol. The second kappa shape index (κ2) is 10.0. The van der Waals surface area contributed by atoms with Crippen LogP contribution in [-0.2, 0) is 14.2 Å². The van der Waals surface area contributed by atoms with Gasteiger partial charge >= 0.3 is 5.69 Å². The number of aryl methyl sites for hydroxylation is 1. The second-order valence-electron chi connectivity index (χ2n) is 6.28. The Kier molecular flexibility index (Phi) is 8.04. The van der Waals surface area contributed by atoms with Gasteiger partial charge in [0.1, 0.15) is 12.3 Å². The van der Waals surface area contributed by atoms with Crippen molar-refractivity contribution in [3.63, 3.8) is 0 Å². The van der Waals surface area contributed by atoms with Gasteiger partial charge in [-0.1, -0.05) is 0 Å². The highest BCUT2D eigenvalue weighted by atomic mass is 31.2. The van der Waals surface area contributed by atoms with Crippen molar-refractivity contribution < 1.29 is 23.6 Å². The Bertz CT molecular complexity index is 779. The molecule has 1 aliphatic heterocycles. The summed E-state index contributed by atoms with van der Waals surface area (Å²) in [4.78, 5) is 37.5. The lowest BCUT2D eigenvalue weighted by Crippen LogP contribution is -2.34. The zero-order chi connectivity index (χ0) is 20.0. The van der Waals surface area contributed by atoms with Gasteiger partial charge < -0.3 is 14.2 Å². The molecule has 1 aromatic rings. The number of nitrogens with zero attached hydrogens (tertiary/aromatic N) is 2. The van der Waals surface area contributed by atoms with Crippen molar-refractivity contribution in [1.82, 2.24) is 9.55 Å². The van der Waals surface area contributed by atoms with Crippen molar-refractivity contribution in [2.45, 2.75) is 51.0 Å². The number of hydrogen-bond donors (Lipinski definition) is 3. The number of ether oxygens (including phenoxy) is 1. The summed E-state index contributed by atoms with van der Waals surface area (Å²) in [6.45, 7) is 1.84. The number of hydrogen-bond acceptors (Lipinski definition) is 8. The van der Waals surface area contributed by atoms with Gasteiger partial charge in [-0.15, -0.1) is 0 Å². The van der Waals surface area contributed by atoms with Crippen LogP contribution in [0.4, 0.5) is 4.53 Å². The van der Waals surface area contributed by atoms with Crippen LogP contribution in [0.25, 0.3) is 0 Å². The standard InChI is InChI=1S/C12H15FN2O4.C3H7N2O2P/c1-6-5-15(12(17)14-11(6)16)9-4-7-2-3-8(19-13)10(7)18-9;4-2-1-3-7-8(5)6/h5,7-10H,2-4H2,1H3,(H,14,16,17);6H,1,3,5H2. The Morgan fingerprint density at radius 1 is 1.56 bits per heavy atom. The number of nitriles is 1. The Labute approximate surface area is 155 Å². The predicted octanol–water partition coefficient (Wildman–Crippen LogP) is 0.907. The summed E-state index contributed by atoms with van der Waals surface area (Å²) in [5.41, 5.74) is 4.36. The average Bonchev–Trinajstić information content (AvgIpc) is 3.19. The van der Waals surface area contributed by atoms with Gasteiger partial charge in [0.05, 0.1) is 25.2 Å². The molecule has 5 unspecified atom stereocenters. The maximum Gasteiger partial charge on any atom is 0.330 e. The van der Waals surface area contributed by atoms with E-state index in [2.05, 4.69) is 14.4 Å². The van der Waals surface area contributed by atoms with E-state index in [-0.39, 0.29) is 25.0 Å². The largest absolute Gasteiger partial charge is 0.351 e. The van der Waals surface area contributed by atoms with E-state index >= 15 is 0 Å². The van der Waals surface area contributed by atoms with Crippen molar-refractivity contribution in [1.29, 1.82) is 5.26 Å². The van der Waals surface area contributed by atoms with E-state index in [0.29, 0.717) is 18.4 Å². The lowest BCUT2D eigenvalue weighted by molar-refractivity contribution is -0.212. The minimum absolute atomic E-state index is 0.199. The molecule has 2 heterocycles. The first-order chi connectivity index (χ1) is 12.9. The number of halogens is 1. The highest BCUT2D eigenvalue weighted by Crippen LogP contribution is 2.43. The lowest BCUT2D eigenvalue weighted by atomic mass is 10.0. The fourth-order valence-corrected chi connectivity index (χ4v) is 3.49. The van der Waals surface area contributed by atoms with Crippen LogP contribution in [0.2, 0.25) is 0 Å². The van der Waals surface area contributed by atoms with Crippen LogP contribution in [0.3, 0.4) is 0 Å². The molecule has 2 aliphatic rings. The van der Waals surface area contributed by atoms with E-state index in [9.17, 15) is 14.1 Å². The molecule has 1 saturated heterocycles. The van der Waals surface area contributed by atoms with Crippen molar-refractivity contribution in [3.8, 4) is 6.07 Å². The maximum atomic E-state index is 12.4. The minimum Gasteiger partial charge on any atom is -0.351 e. The van der Waals surface area contributed by atoms with E-state index in [0.717, 1.165) is 6.42 Å². The van der Waals surface area contributed by atoms with E-state index in [1.807, 2.05) is 6.07 Å². The molecule has 12 heteroatoms. The van der Waals surface area contributed by atoms with Crippen LogP contribution in [0, 0.1) is 24.2 Å². The van der Waals surface area contributed by atoms with Gasteiger partial charge in [-0.3, -0.25) is 19.8 Å². The van der Waals surface area contributed by atoms with Gasteiger partial charge in [-0.05, 0) is 36.6 Å². The zero-order valence-electron chi connectivity index (χ0n) is 14.7. The smallest absolute Gasteiger partial charge is 0.330 e. The summed E-state index contributed by atoms with van der Waals surface area (Å²) >= 11 is 0. The van der Waals surface area contributed by atoms with E-state index in [1.54, 1.807) is 6.92 Å². The topological polar surface area (TPSA) is 153 Å². The van der Waals surface area contributed by atoms with Gasteiger partial charge in [-0.25, -0.2) is 4.79 Å². The molecule has 0 amide bonds. The SMILES string of the molecule is Cc1cn(C2CC3CCC(OF)C3O2)c(=O)[nH]c1=O.N#CCCOP(N)O. The van der Waals surface area contributed by atoms with Gasteiger partial charge in [-0.2, -0.15) is 10.2 Å². The molecule has 3 rings (SSSR count). The van der Waals surface area contributed by atoms with E-state index < -0.39 is 32.1 Å². The van der Waals surface area contributed by atoms with Gasteiger partial charge in [0.2, 0.25) is 8.53 Å². The summed E-state index contributed by atoms with van der Waals surface area (Å²) in [6, 6.07) is 1.84. The first-order valence-corrected chi connectivity index (χ1v) is 9.64. The molecule has 4 N–H and O–H groups in total. The molecule has 10 nitrogen and oxygen atoms in total. The summed E-state index contributed by atoms with van der Waals surface area (Å²) in [5, 5.41) is 7.93. The fourth-order valence-electron chi connectivity index (χ4n) is 3.22. The second-order valence-corrected chi connectivity index (χ2v) is 7.14. The van der Waals surface area contributed by atoms with Crippen LogP contribution in [0.15, 0.2) is 15.8 Å². The minimum atomic E-state index is -1.76. The molecular formula is C15H22FN4O6P. The lowest BCUT2D eigenvalue weighted by Gasteiger charge is -2.18. The molecule has 1 saturated carbocycles. The van der Waals surface area contributed by atoms with Gasteiger partial charge in [0, 0.05) is 11.8 Å². The van der Waals surface area contributed by atoms with Crippen LogP contribution >= 0.6 is 8.53 Å². The number of H-pyrrole nitrogens is 1. The molecule has 5 atom stereocenters. The number of nitrogens with one attached hydrogen (secondary N) is 1.